The number of methoxy groups -OCH3 is 1. The first-order valence-electron chi connectivity index (χ1n) is 9.75. The van der Waals surface area contributed by atoms with Crippen molar-refractivity contribution in [1.82, 2.24) is 9.13 Å². The summed E-state index contributed by atoms with van der Waals surface area (Å²) in [6, 6.07) is 3.48. The van der Waals surface area contributed by atoms with Crippen LogP contribution in [0.2, 0.25) is 0 Å². The fraction of sp³-hybridized carbons (Fsp3) is 0.333. The van der Waals surface area contributed by atoms with Crippen LogP contribution in [-0.4, -0.2) is 41.1 Å². The number of esters is 1. The van der Waals surface area contributed by atoms with Crippen LogP contribution >= 0.6 is 11.3 Å². The summed E-state index contributed by atoms with van der Waals surface area (Å²) in [5.74, 6) is -1.73. The number of ketones is 1. The van der Waals surface area contributed by atoms with Crippen LogP contribution in [0.15, 0.2) is 27.8 Å². The molecule has 170 valence electrons. The minimum absolute atomic E-state index is 0.0141. The van der Waals surface area contributed by atoms with E-state index in [-0.39, 0.29) is 46.1 Å². The van der Waals surface area contributed by atoms with Crippen molar-refractivity contribution in [3.8, 4) is 5.75 Å². The second kappa shape index (κ2) is 9.45. The van der Waals surface area contributed by atoms with E-state index in [0.29, 0.717) is 5.56 Å². The Kier molecular flexibility index (Phi) is 6.90. The van der Waals surface area contributed by atoms with Gasteiger partial charge in [-0.3, -0.25) is 18.7 Å². The molecule has 0 fully saturated rings. The van der Waals surface area contributed by atoms with E-state index in [9.17, 15) is 23.6 Å². The fourth-order valence-electron chi connectivity index (χ4n) is 3.38. The van der Waals surface area contributed by atoms with Gasteiger partial charge in [0.25, 0.3) is 5.56 Å². The number of rotatable bonds is 8. The summed E-state index contributed by atoms with van der Waals surface area (Å²) in [4.78, 5) is 51.8. The molecule has 0 saturated heterocycles. The summed E-state index contributed by atoms with van der Waals surface area (Å²) in [5, 5.41) is 0.130. The summed E-state index contributed by atoms with van der Waals surface area (Å²) in [6.07, 6.45) is 0. The lowest BCUT2D eigenvalue weighted by molar-refractivity contribution is 0.0531. The van der Waals surface area contributed by atoms with Crippen LogP contribution in [0.3, 0.4) is 0 Å². The predicted octanol–water partition coefficient (Wildman–Crippen LogP) is 1.70. The number of Topliss-reactive ketones (excluding diaryl/α,β-unsaturated/α-hetero) is 1. The molecule has 0 bridgehead atoms. The van der Waals surface area contributed by atoms with Gasteiger partial charge in [-0.2, -0.15) is 0 Å². The van der Waals surface area contributed by atoms with Gasteiger partial charge in [-0.1, -0.05) is 0 Å². The number of carbonyl (C=O) groups is 2. The Morgan fingerprint density at radius 2 is 1.94 bits per heavy atom. The van der Waals surface area contributed by atoms with Crippen LogP contribution in [0, 0.1) is 12.7 Å². The van der Waals surface area contributed by atoms with Gasteiger partial charge >= 0.3 is 11.7 Å². The zero-order valence-electron chi connectivity index (χ0n) is 17.8. The molecule has 0 saturated carbocycles. The standard InChI is InChI=1S/C21H22FN3O6S/c1-4-31-20(28)17-11(2)16-18(27)24(8-7-23)21(29)25(19(16)32-17)10-14(26)13-9-12(22)5-6-15(13)30-3/h5-6,9H,4,7-8,10,23H2,1-3H3. The topological polar surface area (TPSA) is 123 Å². The Morgan fingerprint density at radius 1 is 1.22 bits per heavy atom. The van der Waals surface area contributed by atoms with Crippen molar-refractivity contribution in [3.05, 3.63) is 60.9 Å². The summed E-state index contributed by atoms with van der Waals surface area (Å²) >= 11 is 0.890. The number of hydrogen-bond acceptors (Lipinski definition) is 8. The summed E-state index contributed by atoms with van der Waals surface area (Å²) < 4.78 is 26.0. The van der Waals surface area contributed by atoms with E-state index in [1.54, 1.807) is 13.8 Å². The number of halogens is 1. The molecule has 3 aromatic rings. The normalized spacial score (nSPS) is 11.0. The van der Waals surface area contributed by atoms with E-state index in [1.807, 2.05) is 0 Å². The quantitative estimate of drug-likeness (QED) is 0.398. The highest BCUT2D eigenvalue weighted by molar-refractivity contribution is 7.20. The molecule has 2 aromatic heterocycles. The Hall–Kier alpha value is -3.31. The molecule has 0 radical (unpaired) electrons. The molecule has 0 atom stereocenters. The zero-order chi connectivity index (χ0) is 23.6. The highest BCUT2D eigenvalue weighted by Gasteiger charge is 2.25. The second-order valence-corrected chi connectivity index (χ2v) is 7.84. The van der Waals surface area contributed by atoms with Crippen molar-refractivity contribution in [2.45, 2.75) is 26.9 Å². The molecule has 0 aliphatic heterocycles. The molecule has 0 aliphatic rings. The Balaban J connectivity index is 2.26. The summed E-state index contributed by atoms with van der Waals surface area (Å²) in [5.41, 5.74) is 4.50. The first-order chi connectivity index (χ1) is 15.2. The average molecular weight is 463 g/mol. The van der Waals surface area contributed by atoms with Crippen LogP contribution in [0.1, 0.15) is 32.5 Å². The smallest absolute Gasteiger partial charge is 0.348 e. The molecule has 0 unspecified atom stereocenters. The Bertz CT molecular complexity index is 1320. The highest BCUT2D eigenvalue weighted by atomic mass is 32.1. The van der Waals surface area contributed by atoms with Gasteiger partial charge in [-0.15, -0.1) is 11.3 Å². The second-order valence-electron chi connectivity index (χ2n) is 6.84. The van der Waals surface area contributed by atoms with Crippen molar-refractivity contribution in [2.24, 2.45) is 5.73 Å². The van der Waals surface area contributed by atoms with Crippen LogP contribution in [-0.2, 0) is 17.8 Å². The van der Waals surface area contributed by atoms with Gasteiger partial charge in [0.1, 0.15) is 21.3 Å². The number of hydrogen-bond donors (Lipinski definition) is 1. The SMILES string of the molecule is CCOC(=O)c1sc2c(c1C)c(=O)n(CCN)c(=O)n2CC(=O)c1cc(F)ccc1OC. The highest BCUT2D eigenvalue weighted by Crippen LogP contribution is 2.29. The Morgan fingerprint density at radius 3 is 2.56 bits per heavy atom. The number of thiophene rings is 1. The van der Waals surface area contributed by atoms with Crippen molar-refractivity contribution < 1.29 is 23.5 Å². The third kappa shape index (κ3) is 4.08. The average Bonchev–Trinajstić information content (AvgIpc) is 3.11. The number of benzene rings is 1. The third-order valence-electron chi connectivity index (χ3n) is 4.87. The fourth-order valence-corrected chi connectivity index (χ4v) is 4.56. The molecule has 11 heteroatoms. The number of aryl methyl sites for hydroxylation is 1. The molecule has 3 rings (SSSR count). The molecule has 32 heavy (non-hydrogen) atoms. The molecular formula is C21H22FN3O6S. The number of aromatic nitrogens is 2. The van der Waals surface area contributed by atoms with Crippen molar-refractivity contribution >= 4 is 33.3 Å². The molecule has 1 aromatic carbocycles. The van der Waals surface area contributed by atoms with Gasteiger partial charge in [0.05, 0.1) is 31.2 Å². The van der Waals surface area contributed by atoms with Crippen LogP contribution in [0.4, 0.5) is 4.39 Å². The number of nitrogens with zero attached hydrogens (tertiary/aromatic N) is 2. The number of nitrogens with two attached hydrogens (primary N) is 1. The lowest BCUT2D eigenvalue weighted by Gasteiger charge is -2.12. The van der Waals surface area contributed by atoms with E-state index in [4.69, 9.17) is 15.2 Å². The maximum atomic E-state index is 13.8. The van der Waals surface area contributed by atoms with E-state index >= 15 is 0 Å². The monoisotopic (exact) mass is 463 g/mol. The molecule has 0 amide bonds. The molecular weight excluding hydrogens is 441 g/mol. The van der Waals surface area contributed by atoms with E-state index in [0.717, 1.165) is 32.6 Å². The number of ether oxygens (including phenoxy) is 2. The minimum Gasteiger partial charge on any atom is -0.496 e. The number of carbonyl (C=O) groups excluding carboxylic acids is 2. The van der Waals surface area contributed by atoms with Crippen LogP contribution in [0.25, 0.3) is 10.2 Å². The van der Waals surface area contributed by atoms with Crippen molar-refractivity contribution in [3.63, 3.8) is 0 Å². The van der Waals surface area contributed by atoms with Gasteiger partial charge < -0.3 is 15.2 Å². The van der Waals surface area contributed by atoms with E-state index in [2.05, 4.69) is 0 Å². The predicted molar refractivity (Wildman–Crippen MR) is 117 cm³/mol. The van der Waals surface area contributed by atoms with E-state index < -0.39 is 35.4 Å². The molecule has 2 heterocycles. The lowest BCUT2D eigenvalue weighted by Crippen LogP contribution is -2.42. The molecule has 0 aliphatic carbocycles. The van der Waals surface area contributed by atoms with Gasteiger partial charge in [0.15, 0.2) is 5.78 Å². The lowest BCUT2D eigenvalue weighted by atomic mass is 10.1. The zero-order valence-corrected chi connectivity index (χ0v) is 18.6. The van der Waals surface area contributed by atoms with Gasteiger partial charge in [-0.05, 0) is 37.6 Å². The van der Waals surface area contributed by atoms with Crippen molar-refractivity contribution in [2.75, 3.05) is 20.3 Å². The van der Waals surface area contributed by atoms with Gasteiger partial charge in [-0.25, -0.2) is 14.0 Å². The summed E-state index contributed by atoms with van der Waals surface area (Å²) in [7, 11) is 1.34. The third-order valence-corrected chi connectivity index (χ3v) is 6.17. The summed E-state index contributed by atoms with van der Waals surface area (Å²) in [6.45, 7) is 2.80. The maximum Gasteiger partial charge on any atom is 0.348 e. The minimum atomic E-state index is -0.756. The van der Waals surface area contributed by atoms with Gasteiger partial charge in [0, 0.05) is 13.1 Å². The number of fused-ring (bicyclic) bond motifs is 1. The van der Waals surface area contributed by atoms with Gasteiger partial charge in [0.2, 0.25) is 0 Å². The van der Waals surface area contributed by atoms with Crippen LogP contribution in [0.5, 0.6) is 5.75 Å². The van der Waals surface area contributed by atoms with Crippen LogP contribution < -0.4 is 21.7 Å². The Labute approximate surface area is 185 Å². The first-order valence-corrected chi connectivity index (χ1v) is 10.6. The van der Waals surface area contributed by atoms with E-state index in [1.165, 1.54) is 13.2 Å². The maximum absolute atomic E-state index is 13.8. The molecule has 0 spiro atoms. The molecule has 9 nitrogen and oxygen atoms in total. The van der Waals surface area contributed by atoms with Crippen molar-refractivity contribution in [1.29, 1.82) is 0 Å². The molecule has 2 N–H and O–H groups in total. The first kappa shape index (κ1) is 23.4. The largest absolute Gasteiger partial charge is 0.496 e.